The quantitative estimate of drug-likeness (QED) is 0.912. The number of anilines is 1. The second-order valence-corrected chi connectivity index (χ2v) is 5.95. The van der Waals surface area contributed by atoms with Crippen molar-refractivity contribution < 1.29 is 4.79 Å². The standard InChI is InChI=1S/C19H21N3O/c1-14-17(15-9-5-3-6-10-15)13-22(2)18(14)21-19(23)20-16-11-7-4-8-12-16/h3-12,14,17H,13H2,1-2H3,(H,20,23). The molecule has 0 aromatic heterocycles. The number of aliphatic imine (C=N–C) groups is 1. The highest BCUT2D eigenvalue weighted by Gasteiger charge is 2.34. The van der Waals surface area contributed by atoms with Crippen molar-refractivity contribution in [1.82, 2.24) is 4.90 Å². The topological polar surface area (TPSA) is 44.7 Å². The van der Waals surface area contributed by atoms with Crippen LogP contribution in [0, 0.1) is 5.92 Å². The van der Waals surface area contributed by atoms with E-state index in [1.165, 1.54) is 5.56 Å². The number of likely N-dealkylation sites (N-methyl/N-ethyl adjacent to an activating group) is 1. The summed E-state index contributed by atoms with van der Waals surface area (Å²) in [6.45, 7) is 3.01. The van der Waals surface area contributed by atoms with Crippen molar-refractivity contribution in [2.75, 3.05) is 18.9 Å². The lowest BCUT2D eigenvalue weighted by Crippen LogP contribution is -2.24. The predicted molar refractivity (Wildman–Crippen MR) is 93.9 cm³/mol. The first-order valence-corrected chi connectivity index (χ1v) is 7.86. The molecule has 4 heteroatoms. The van der Waals surface area contributed by atoms with Crippen LogP contribution in [0.1, 0.15) is 18.4 Å². The van der Waals surface area contributed by atoms with Gasteiger partial charge in [0.2, 0.25) is 0 Å². The number of amidine groups is 1. The molecule has 0 aliphatic carbocycles. The number of hydrogen-bond donors (Lipinski definition) is 1. The first-order chi connectivity index (χ1) is 11.1. The summed E-state index contributed by atoms with van der Waals surface area (Å²) >= 11 is 0. The van der Waals surface area contributed by atoms with Gasteiger partial charge in [0.15, 0.2) is 0 Å². The number of amides is 2. The number of nitrogens with one attached hydrogen (secondary N) is 1. The number of rotatable bonds is 2. The van der Waals surface area contributed by atoms with E-state index in [-0.39, 0.29) is 11.9 Å². The van der Waals surface area contributed by atoms with Gasteiger partial charge in [-0.2, -0.15) is 4.99 Å². The zero-order chi connectivity index (χ0) is 16.2. The molecular formula is C19H21N3O. The molecule has 4 nitrogen and oxygen atoms in total. The van der Waals surface area contributed by atoms with Crippen LogP contribution < -0.4 is 5.32 Å². The molecule has 3 rings (SSSR count). The Balaban J connectivity index is 1.75. The molecule has 2 aromatic carbocycles. The number of carbonyl (C=O) groups excluding carboxylic acids is 1. The van der Waals surface area contributed by atoms with Crippen molar-refractivity contribution in [3.05, 3.63) is 66.2 Å². The van der Waals surface area contributed by atoms with Gasteiger partial charge in [-0.15, -0.1) is 0 Å². The third kappa shape index (κ3) is 3.42. The van der Waals surface area contributed by atoms with Crippen molar-refractivity contribution in [1.29, 1.82) is 0 Å². The van der Waals surface area contributed by atoms with Gasteiger partial charge in [-0.1, -0.05) is 55.5 Å². The number of urea groups is 1. The van der Waals surface area contributed by atoms with Gasteiger partial charge >= 0.3 is 6.03 Å². The number of hydrogen-bond acceptors (Lipinski definition) is 1. The summed E-state index contributed by atoms with van der Waals surface area (Å²) in [4.78, 5) is 18.6. The van der Waals surface area contributed by atoms with E-state index >= 15 is 0 Å². The Kier molecular flexibility index (Phi) is 4.42. The zero-order valence-electron chi connectivity index (χ0n) is 13.4. The van der Waals surface area contributed by atoms with Gasteiger partial charge in [-0.3, -0.25) is 0 Å². The lowest BCUT2D eigenvalue weighted by atomic mass is 9.90. The molecule has 1 aliphatic heterocycles. The Bertz CT molecular complexity index is 697. The summed E-state index contributed by atoms with van der Waals surface area (Å²) in [5.74, 6) is 1.42. The van der Waals surface area contributed by atoms with Gasteiger partial charge in [0, 0.05) is 31.1 Å². The Morgan fingerprint density at radius 1 is 1.09 bits per heavy atom. The molecule has 23 heavy (non-hydrogen) atoms. The van der Waals surface area contributed by atoms with E-state index in [2.05, 4.69) is 46.4 Å². The average molecular weight is 307 g/mol. The Hall–Kier alpha value is -2.62. The Morgan fingerprint density at radius 2 is 1.70 bits per heavy atom. The maximum atomic E-state index is 12.2. The minimum absolute atomic E-state index is 0.212. The molecule has 1 fully saturated rings. The maximum Gasteiger partial charge on any atom is 0.347 e. The van der Waals surface area contributed by atoms with E-state index < -0.39 is 0 Å². The number of likely N-dealkylation sites (tertiary alicyclic amines) is 1. The first-order valence-electron chi connectivity index (χ1n) is 7.86. The largest absolute Gasteiger partial charge is 0.362 e. The number of carbonyl (C=O) groups is 1. The van der Waals surface area contributed by atoms with Crippen LogP contribution in [0.5, 0.6) is 0 Å². The highest BCUT2D eigenvalue weighted by molar-refractivity contribution is 6.01. The molecule has 118 valence electrons. The Labute approximate surface area is 136 Å². The van der Waals surface area contributed by atoms with Gasteiger partial charge in [-0.25, -0.2) is 4.79 Å². The summed E-state index contributed by atoms with van der Waals surface area (Å²) < 4.78 is 0. The molecule has 2 atom stereocenters. The molecule has 0 radical (unpaired) electrons. The summed E-state index contributed by atoms with van der Waals surface area (Å²) in [5.41, 5.74) is 2.05. The fraction of sp³-hybridized carbons (Fsp3) is 0.263. The van der Waals surface area contributed by atoms with Crippen LogP contribution in [0.3, 0.4) is 0 Å². The summed E-state index contributed by atoms with van der Waals surface area (Å²) in [6.07, 6.45) is 0. The lowest BCUT2D eigenvalue weighted by molar-refractivity contribution is 0.259. The fourth-order valence-electron chi connectivity index (χ4n) is 3.13. The molecule has 2 amide bonds. The molecule has 1 N–H and O–H groups in total. The smallest absolute Gasteiger partial charge is 0.347 e. The minimum Gasteiger partial charge on any atom is -0.362 e. The van der Waals surface area contributed by atoms with Gasteiger partial charge in [0.25, 0.3) is 0 Å². The molecule has 2 unspecified atom stereocenters. The van der Waals surface area contributed by atoms with Crippen LogP contribution in [0.4, 0.5) is 10.5 Å². The van der Waals surface area contributed by atoms with Crippen LogP contribution in [0.25, 0.3) is 0 Å². The van der Waals surface area contributed by atoms with Crippen molar-refractivity contribution in [2.24, 2.45) is 10.9 Å². The number of nitrogens with zero attached hydrogens (tertiary/aromatic N) is 2. The second-order valence-electron chi connectivity index (χ2n) is 5.95. The van der Waals surface area contributed by atoms with Crippen LogP contribution >= 0.6 is 0 Å². The van der Waals surface area contributed by atoms with E-state index in [9.17, 15) is 4.79 Å². The van der Waals surface area contributed by atoms with Gasteiger partial charge in [0.1, 0.15) is 5.84 Å². The summed E-state index contributed by atoms with van der Waals surface area (Å²) in [6, 6.07) is 19.5. The van der Waals surface area contributed by atoms with Crippen molar-refractivity contribution >= 4 is 17.6 Å². The lowest BCUT2D eigenvalue weighted by Gasteiger charge is -2.14. The molecule has 0 bridgehead atoms. The SMILES string of the molecule is CC1C(=NC(=O)Nc2ccccc2)N(C)CC1c1ccccc1. The zero-order valence-corrected chi connectivity index (χ0v) is 13.4. The molecule has 2 aromatic rings. The molecule has 0 spiro atoms. The predicted octanol–water partition coefficient (Wildman–Crippen LogP) is 3.98. The van der Waals surface area contributed by atoms with Crippen molar-refractivity contribution in [3.63, 3.8) is 0 Å². The van der Waals surface area contributed by atoms with E-state index in [0.717, 1.165) is 18.1 Å². The van der Waals surface area contributed by atoms with Crippen LogP contribution in [-0.4, -0.2) is 30.4 Å². The maximum absolute atomic E-state index is 12.2. The number of para-hydroxylation sites is 1. The van der Waals surface area contributed by atoms with E-state index in [1.807, 2.05) is 43.4 Å². The monoisotopic (exact) mass is 307 g/mol. The second kappa shape index (κ2) is 6.65. The Morgan fingerprint density at radius 3 is 2.35 bits per heavy atom. The molecule has 0 saturated carbocycles. The molecule has 1 heterocycles. The van der Waals surface area contributed by atoms with E-state index in [1.54, 1.807) is 0 Å². The highest BCUT2D eigenvalue weighted by Crippen LogP contribution is 2.33. The van der Waals surface area contributed by atoms with E-state index in [4.69, 9.17) is 0 Å². The average Bonchev–Trinajstić information content (AvgIpc) is 2.85. The molecule has 1 aliphatic rings. The molecular weight excluding hydrogens is 286 g/mol. The van der Waals surface area contributed by atoms with Crippen molar-refractivity contribution in [2.45, 2.75) is 12.8 Å². The number of benzene rings is 2. The van der Waals surface area contributed by atoms with E-state index in [0.29, 0.717) is 5.92 Å². The minimum atomic E-state index is -0.321. The van der Waals surface area contributed by atoms with Gasteiger partial charge < -0.3 is 10.2 Å². The fourth-order valence-corrected chi connectivity index (χ4v) is 3.13. The third-order valence-electron chi connectivity index (χ3n) is 4.34. The van der Waals surface area contributed by atoms with Crippen LogP contribution in [0.2, 0.25) is 0 Å². The normalized spacial score (nSPS) is 22.3. The third-order valence-corrected chi connectivity index (χ3v) is 4.34. The first kappa shape index (κ1) is 15.3. The van der Waals surface area contributed by atoms with Crippen molar-refractivity contribution in [3.8, 4) is 0 Å². The molecule has 1 saturated heterocycles. The van der Waals surface area contributed by atoms with Crippen LogP contribution in [-0.2, 0) is 0 Å². The summed E-state index contributed by atoms with van der Waals surface area (Å²) in [5, 5.41) is 2.81. The van der Waals surface area contributed by atoms with Gasteiger partial charge in [0.05, 0.1) is 0 Å². The van der Waals surface area contributed by atoms with Gasteiger partial charge in [-0.05, 0) is 17.7 Å². The highest BCUT2D eigenvalue weighted by atomic mass is 16.2. The summed E-state index contributed by atoms with van der Waals surface area (Å²) in [7, 11) is 1.99. The van der Waals surface area contributed by atoms with Crippen LogP contribution in [0.15, 0.2) is 65.7 Å².